The van der Waals surface area contributed by atoms with Crippen molar-refractivity contribution in [3.63, 3.8) is 0 Å². The van der Waals surface area contributed by atoms with Crippen molar-refractivity contribution in [3.05, 3.63) is 30.4 Å². The van der Waals surface area contributed by atoms with Gasteiger partial charge in [-0.1, -0.05) is 6.92 Å². The number of aromatic nitrogens is 4. The van der Waals surface area contributed by atoms with E-state index >= 15 is 0 Å². The van der Waals surface area contributed by atoms with E-state index in [1.165, 1.54) is 6.26 Å². The highest BCUT2D eigenvalue weighted by Crippen LogP contribution is 2.26. The van der Waals surface area contributed by atoms with Crippen molar-refractivity contribution in [3.8, 4) is 11.4 Å². The van der Waals surface area contributed by atoms with Gasteiger partial charge in [0, 0.05) is 38.2 Å². The van der Waals surface area contributed by atoms with Crippen LogP contribution in [-0.2, 0) is 23.0 Å². The first-order valence-corrected chi connectivity index (χ1v) is 10.6. The van der Waals surface area contributed by atoms with Crippen LogP contribution in [0.1, 0.15) is 31.9 Å². The molecule has 0 saturated carbocycles. The smallest absolute Gasteiger partial charge is 0.211 e. The molecule has 0 bridgehead atoms. The predicted octanol–water partition coefficient (Wildman–Crippen LogP) is 1.96. The summed E-state index contributed by atoms with van der Waals surface area (Å²) in [5, 5.41) is 4.38. The van der Waals surface area contributed by atoms with Gasteiger partial charge in [0.25, 0.3) is 0 Å². The van der Waals surface area contributed by atoms with E-state index in [1.54, 1.807) is 22.9 Å². The SMILES string of the molecule is CCCn1nccc1-c1nccnc1C[C@H]1CCCN(S(C)(=O)=O)C1. The zero-order valence-electron chi connectivity index (χ0n) is 14.8. The van der Waals surface area contributed by atoms with Gasteiger partial charge in [0.15, 0.2) is 0 Å². The van der Waals surface area contributed by atoms with Crippen molar-refractivity contribution < 1.29 is 8.42 Å². The molecule has 0 aromatic carbocycles. The van der Waals surface area contributed by atoms with Gasteiger partial charge in [0.1, 0.15) is 5.69 Å². The van der Waals surface area contributed by atoms with Crippen molar-refractivity contribution in [2.75, 3.05) is 19.3 Å². The number of sulfonamides is 1. The monoisotopic (exact) mass is 363 g/mol. The lowest BCUT2D eigenvalue weighted by atomic mass is 9.93. The normalized spacial score (nSPS) is 19.2. The molecule has 1 saturated heterocycles. The molecule has 0 amide bonds. The Morgan fingerprint density at radius 1 is 1.24 bits per heavy atom. The van der Waals surface area contributed by atoms with Crippen LogP contribution in [0.25, 0.3) is 11.4 Å². The van der Waals surface area contributed by atoms with E-state index in [0.717, 1.165) is 49.3 Å². The zero-order chi connectivity index (χ0) is 17.9. The van der Waals surface area contributed by atoms with Gasteiger partial charge >= 0.3 is 0 Å². The minimum Gasteiger partial charge on any atom is -0.263 e. The van der Waals surface area contributed by atoms with Crippen LogP contribution in [0.5, 0.6) is 0 Å². The maximum Gasteiger partial charge on any atom is 0.211 e. The van der Waals surface area contributed by atoms with Gasteiger partial charge < -0.3 is 0 Å². The quantitative estimate of drug-likeness (QED) is 0.784. The maximum atomic E-state index is 11.8. The predicted molar refractivity (Wildman–Crippen MR) is 96.4 cm³/mol. The number of rotatable bonds is 6. The molecule has 0 radical (unpaired) electrons. The fourth-order valence-electron chi connectivity index (χ4n) is 3.42. The third kappa shape index (κ3) is 4.24. The second-order valence-electron chi connectivity index (χ2n) is 6.62. The number of nitrogens with zero attached hydrogens (tertiary/aromatic N) is 5. The molecule has 1 fully saturated rings. The van der Waals surface area contributed by atoms with Gasteiger partial charge in [-0.15, -0.1) is 0 Å². The highest BCUT2D eigenvalue weighted by Gasteiger charge is 2.27. The van der Waals surface area contributed by atoms with Gasteiger partial charge in [0.2, 0.25) is 10.0 Å². The highest BCUT2D eigenvalue weighted by atomic mass is 32.2. The summed E-state index contributed by atoms with van der Waals surface area (Å²) in [6.07, 6.45) is 10.1. The Labute approximate surface area is 149 Å². The molecule has 1 aliphatic heterocycles. The Hall–Kier alpha value is -1.80. The van der Waals surface area contributed by atoms with E-state index in [4.69, 9.17) is 0 Å². The van der Waals surface area contributed by atoms with Gasteiger partial charge in [0.05, 0.1) is 17.6 Å². The second-order valence-corrected chi connectivity index (χ2v) is 8.61. The molecule has 3 rings (SSSR count). The summed E-state index contributed by atoms with van der Waals surface area (Å²) in [5.41, 5.74) is 2.74. The average Bonchev–Trinajstić information content (AvgIpc) is 3.03. The van der Waals surface area contributed by atoms with Gasteiger partial charge in [-0.2, -0.15) is 5.10 Å². The first-order chi connectivity index (χ1) is 12.0. The van der Waals surface area contributed by atoms with Crippen molar-refractivity contribution in [1.82, 2.24) is 24.1 Å². The molecule has 2 aromatic rings. The van der Waals surface area contributed by atoms with E-state index in [9.17, 15) is 8.42 Å². The summed E-state index contributed by atoms with van der Waals surface area (Å²) in [4.78, 5) is 9.09. The third-order valence-corrected chi connectivity index (χ3v) is 5.87. The van der Waals surface area contributed by atoms with E-state index in [0.29, 0.717) is 13.1 Å². The highest BCUT2D eigenvalue weighted by molar-refractivity contribution is 7.88. The summed E-state index contributed by atoms with van der Waals surface area (Å²) in [7, 11) is -3.14. The van der Waals surface area contributed by atoms with Crippen LogP contribution in [0.15, 0.2) is 24.7 Å². The van der Waals surface area contributed by atoms with E-state index in [2.05, 4.69) is 22.0 Å². The first-order valence-electron chi connectivity index (χ1n) is 8.76. The molecule has 1 aliphatic rings. The van der Waals surface area contributed by atoms with Crippen molar-refractivity contribution in [2.24, 2.45) is 5.92 Å². The summed E-state index contributed by atoms with van der Waals surface area (Å²) in [6, 6.07) is 1.97. The van der Waals surface area contributed by atoms with Crippen molar-refractivity contribution in [2.45, 2.75) is 39.2 Å². The first kappa shape index (κ1) is 18.0. The molecule has 0 spiro atoms. The topological polar surface area (TPSA) is 81.0 Å². The lowest BCUT2D eigenvalue weighted by Gasteiger charge is -2.31. The standard InChI is InChI=1S/C17H25N5O2S/c1-3-10-22-16(6-7-20-22)17-15(18-8-9-19-17)12-14-5-4-11-21(13-14)25(2,23)24/h6-9,14H,3-5,10-13H2,1-2H3/t14-/m1/s1. The van der Waals surface area contributed by atoms with E-state index < -0.39 is 10.0 Å². The summed E-state index contributed by atoms with van der Waals surface area (Å²) >= 11 is 0. The largest absolute Gasteiger partial charge is 0.263 e. The molecule has 0 N–H and O–H groups in total. The van der Waals surface area contributed by atoms with E-state index in [-0.39, 0.29) is 5.92 Å². The third-order valence-electron chi connectivity index (χ3n) is 4.60. The Bertz CT molecular complexity index is 818. The Morgan fingerprint density at radius 2 is 2.04 bits per heavy atom. The van der Waals surface area contributed by atoms with Crippen LogP contribution in [0, 0.1) is 5.92 Å². The molecule has 25 heavy (non-hydrogen) atoms. The van der Waals surface area contributed by atoms with Crippen LogP contribution >= 0.6 is 0 Å². The maximum absolute atomic E-state index is 11.8. The fourth-order valence-corrected chi connectivity index (χ4v) is 4.36. The van der Waals surface area contributed by atoms with Crippen LogP contribution in [0.4, 0.5) is 0 Å². The molecular weight excluding hydrogens is 338 g/mol. The van der Waals surface area contributed by atoms with E-state index in [1.807, 2.05) is 10.7 Å². The average molecular weight is 363 g/mol. The summed E-state index contributed by atoms with van der Waals surface area (Å²) in [6.45, 7) is 4.13. The summed E-state index contributed by atoms with van der Waals surface area (Å²) in [5.74, 6) is 0.265. The fraction of sp³-hybridized carbons (Fsp3) is 0.588. The minimum absolute atomic E-state index is 0.265. The molecule has 2 aromatic heterocycles. The Morgan fingerprint density at radius 3 is 2.80 bits per heavy atom. The zero-order valence-corrected chi connectivity index (χ0v) is 15.6. The van der Waals surface area contributed by atoms with Crippen LogP contribution in [0.3, 0.4) is 0 Å². The van der Waals surface area contributed by atoms with Crippen LogP contribution in [-0.4, -0.2) is 51.8 Å². The molecule has 1 atom stereocenters. The molecule has 3 heterocycles. The van der Waals surface area contributed by atoms with Gasteiger partial charge in [-0.05, 0) is 37.7 Å². The molecule has 0 unspecified atom stereocenters. The molecule has 8 heteroatoms. The number of piperidine rings is 1. The minimum atomic E-state index is -3.14. The Balaban J connectivity index is 1.83. The number of hydrogen-bond donors (Lipinski definition) is 0. The van der Waals surface area contributed by atoms with Crippen LogP contribution in [0.2, 0.25) is 0 Å². The Kier molecular flexibility index (Phi) is 5.48. The number of aryl methyl sites for hydroxylation is 1. The van der Waals surface area contributed by atoms with Crippen molar-refractivity contribution in [1.29, 1.82) is 0 Å². The molecule has 7 nitrogen and oxygen atoms in total. The molecule has 136 valence electrons. The second kappa shape index (κ2) is 7.61. The molecular formula is C17H25N5O2S. The number of hydrogen-bond acceptors (Lipinski definition) is 5. The lowest BCUT2D eigenvalue weighted by Crippen LogP contribution is -2.40. The van der Waals surface area contributed by atoms with Crippen molar-refractivity contribution >= 4 is 10.0 Å². The lowest BCUT2D eigenvalue weighted by molar-refractivity contribution is 0.265. The summed E-state index contributed by atoms with van der Waals surface area (Å²) < 4.78 is 27.2. The van der Waals surface area contributed by atoms with Gasteiger partial charge in [-0.25, -0.2) is 12.7 Å². The van der Waals surface area contributed by atoms with Crippen LogP contribution < -0.4 is 0 Å². The van der Waals surface area contributed by atoms with Gasteiger partial charge in [-0.3, -0.25) is 14.6 Å². The molecule has 0 aliphatic carbocycles.